The van der Waals surface area contributed by atoms with E-state index in [2.05, 4.69) is 56.3 Å². The zero-order valence-corrected chi connectivity index (χ0v) is 33.7. The molecule has 7 heterocycles. The molecule has 0 bridgehead atoms. The molecule has 0 radical (unpaired) electrons. The Morgan fingerprint density at radius 1 is 0.508 bits per heavy atom. The molecule has 0 saturated carbocycles. The number of anilines is 1. The van der Waals surface area contributed by atoms with Crippen molar-refractivity contribution < 1.29 is 18.5 Å². The summed E-state index contributed by atoms with van der Waals surface area (Å²) in [5.41, 5.74) is 6.53. The van der Waals surface area contributed by atoms with Crippen LogP contribution in [-0.4, -0.2) is 31.1 Å². The van der Waals surface area contributed by atoms with E-state index in [0.717, 1.165) is 71.6 Å². The number of halogens is 1. The minimum absolute atomic E-state index is 0. The summed E-state index contributed by atoms with van der Waals surface area (Å²) >= 11 is 5.85. The summed E-state index contributed by atoms with van der Waals surface area (Å²) < 4.78 is 12.1. The molecule has 10 heteroatoms. The van der Waals surface area contributed by atoms with Gasteiger partial charge in [-0.25, -0.2) is 24.6 Å². The average Bonchev–Trinajstić information content (AvgIpc) is 3.85. The predicted molar refractivity (Wildman–Crippen MR) is 240 cm³/mol. The Morgan fingerprint density at radius 3 is 1.64 bits per heavy atom. The number of aryl methyl sites for hydroxylation is 2. The van der Waals surface area contributed by atoms with Crippen LogP contribution in [0.2, 0.25) is 5.15 Å². The smallest absolute Gasteiger partial charge is 0.227 e. The fraction of sp³-hybridized carbons (Fsp3) is 0.184. The summed E-state index contributed by atoms with van der Waals surface area (Å²) in [6, 6.07) is 40.4. The molecule has 10 aromatic rings. The van der Waals surface area contributed by atoms with Crippen molar-refractivity contribution in [3.05, 3.63) is 150 Å². The molecule has 1 aliphatic rings. The number of nitrogens with zero attached hydrogens (tertiary/aromatic N) is 5. The molecule has 296 valence electrons. The van der Waals surface area contributed by atoms with Gasteiger partial charge in [-0.2, -0.15) is 0 Å². The van der Waals surface area contributed by atoms with Crippen molar-refractivity contribution in [1.29, 1.82) is 0 Å². The Kier molecular flexibility index (Phi) is 10.3. The third kappa shape index (κ3) is 7.22. The molecule has 1 aliphatic heterocycles. The SMILES string of the molecule is C.Cc1ccc2c(n1)oc1c(-c3nccc4ccccc34)cccc12.Cc1ccc2c(n1)oc1c(N3OC(C)(C)C(C)(C)O3)cccc12.Clc1nccc2ccccc12. The highest BCUT2D eigenvalue weighted by Gasteiger charge is 2.50. The zero-order chi connectivity index (χ0) is 40.2. The van der Waals surface area contributed by atoms with Crippen LogP contribution in [0.3, 0.4) is 0 Å². The normalized spacial score (nSPS) is 14.3. The number of benzene rings is 4. The van der Waals surface area contributed by atoms with Crippen LogP contribution in [0, 0.1) is 13.8 Å². The van der Waals surface area contributed by atoms with Gasteiger partial charge in [-0.05, 0) is 101 Å². The minimum Gasteiger partial charge on any atom is -0.437 e. The van der Waals surface area contributed by atoms with E-state index in [1.165, 1.54) is 10.6 Å². The first kappa shape index (κ1) is 39.4. The van der Waals surface area contributed by atoms with Gasteiger partial charge in [0.15, 0.2) is 5.58 Å². The summed E-state index contributed by atoms with van der Waals surface area (Å²) in [4.78, 5) is 29.6. The lowest BCUT2D eigenvalue weighted by Crippen LogP contribution is -2.41. The van der Waals surface area contributed by atoms with Crippen LogP contribution in [0.15, 0.2) is 143 Å². The van der Waals surface area contributed by atoms with Gasteiger partial charge in [0.1, 0.15) is 27.6 Å². The van der Waals surface area contributed by atoms with E-state index < -0.39 is 11.2 Å². The molecule has 6 aromatic heterocycles. The molecule has 4 aromatic carbocycles. The number of pyridine rings is 4. The Bertz CT molecular complexity index is 3130. The van der Waals surface area contributed by atoms with E-state index in [1.807, 2.05) is 133 Å². The number of fused-ring (bicyclic) bond motifs is 8. The Hall–Kier alpha value is -6.39. The number of hydrogen-bond acceptors (Lipinski definition) is 9. The number of hydrogen-bond donors (Lipinski definition) is 0. The number of rotatable bonds is 2. The second-order valence-electron chi connectivity index (χ2n) is 15.3. The number of para-hydroxylation sites is 2. The van der Waals surface area contributed by atoms with E-state index in [1.54, 1.807) is 6.20 Å². The number of furan rings is 2. The highest BCUT2D eigenvalue weighted by Crippen LogP contribution is 2.43. The highest BCUT2D eigenvalue weighted by molar-refractivity contribution is 6.34. The maximum atomic E-state index is 6.12. The molecular weight excluding hydrogens is 758 g/mol. The maximum absolute atomic E-state index is 6.12. The van der Waals surface area contributed by atoms with Crippen molar-refractivity contribution in [2.75, 3.05) is 5.23 Å². The van der Waals surface area contributed by atoms with Crippen LogP contribution >= 0.6 is 11.6 Å². The van der Waals surface area contributed by atoms with Gasteiger partial charge in [-0.15, -0.1) is 5.23 Å². The monoisotopic (exact) mass is 801 g/mol. The summed E-state index contributed by atoms with van der Waals surface area (Å²) in [5.74, 6) is 0. The fourth-order valence-corrected chi connectivity index (χ4v) is 7.26. The molecule has 1 fully saturated rings. The molecule has 0 unspecified atom stereocenters. The zero-order valence-electron chi connectivity index (χ0n) is 32.9. The van der Waals surface area contributed by atoms with Crippen LogP contribution in [0.1, 0.15) is 46.5 Å². The second kappa shape index (κ2) is 15.4. The lowest BCUT2D eigenvalue weighted by Gasteiger charge is -2.26. The van der Waals surface area contributed by atoms with Gasteiger partial charge in [-0.1, -0.05) is 91.8 Å². The lowest BCUT2D eigenvalue weighted by molar-refractivity contribution is -0.0269. The Morgan fingerprint density at radius 2 is 1.02 bits per heavy atom. The summed E-state index contributed by atoms with van der Waals surface area (Å²) in [5, 5.41) is 10.6. The molecule has 0 N–H and O–H groups in total. The molecule has 11 rings (SSSR count). The Labute approximate surface area is 347 Å². The highest BCUT2D eigenvalue weighted by atomic mass is 35.5. The topological polar surface area (TPSA) is 99.5 Å². The third-order valence-corrected chi connectivity index (χ3v) is 11.1. The van der Waals surface area contributed by atoms with Gasteiger partial charge in [0.2, 0.25) is 11.4 Å². The molecule has 0 atom stereocenters. The average molecular weight is 802 g/mol. The van der Waals surface area contributed by atoms with Gasteiger partial charge >= 0.3 is 0 Å². The van der Waals surface area contributed by atoms with E-state index >= 15 is 0 Å². The van der Waals surface area contributed by atoms with E-state index in [-0.39, 0.29) is 7.43 Å². The van der Waals surface area contributed by atoms with Crippen molar-refractivity contribution in [3.8, 4) is 11.3 Å². The molecule has 59 heavy (non-hydrogen) atoms. The predicted octanol–water partition coefficient (Wildman–Crippen LogP) is 13.6. The van der Waals surface area contributed by atoms with Gasteiger partial charge in [0.25, 0.3) is 0 Å². The van der Waals surface area contributed by atoms with E-state index in [0.29, 0.717) is 22.2 Å². The minimum atomic E-state index is -0.448. The van der Waals surface area contributed by atoms with Crippen molar-refractivity contribution in [1.82, 2.24) is 19.9 Å². The fourth-order valence-electron chi connectivity index (χ4n) is 7.03. The molecular formula is C49H44ClN5O4. The van der Waals surface area contributed by atoms with Crippen LogP contribution < -0.4 is 5.23 Å². The molecule has 9 nitrogen and oxygen atoms in total. The molecule has 0 amide bonds. The number of aromatic nitrogens is 4. The summed E-state index contributed by atoms with van der Waals surface area (Å²) in [6.07, 6.45) is 3.56. The van der Waals surface area contributed by atoms with Crippen LogP contribution in [0.4, 0.5) is 5.69 Å². The maximum Gasteiger partial charge on any atom is 0.227 e. The summed E-state index contributed by atoms with van der Waals surface area (Å²) in [7, 11) is 0. The van der Waals surface area contributed by atoms with Crippen LogP contribution in [0.25, 0.3) is 76.9 Å². The first-order chi connectivity index (χ1) is 28.0. The quantitative estimate of drug-likeness (QED) is 0.158. The largest absolute Gasteiger partial charge is 0.437 e. The van der Waals surface area contributed by atoms with Gasteiger partial charge in [0, 0.05) is 61.7 Å². The van der Waals surface area contributed by atoms with Crippen molar-refractivity contribution in [2.45, 2.75) is 60.2 Å². The van der Waals surface area contributed by atoms with Gasteiger partial charge in [-0.3, -0.25) is 4.98 Å². The summed E-state index contributed by atoms with van der Waals surface area (Å²) in [6.45, 7) is 12.0. The third-order valence-electron chi connectivity index (χ3n) is 10.8. The Balaban J connectivity index is 0.000000130. The second-order valence-corrected chi connectivity index (χ2v) is 15.7. The molecule has 0 aliphatic carbocycles. The van der Waals surface area contributed by atoms with Crippen molar-refractivity contribution >= 4 is 83.0 Å². The van der Waals surface area contributed by atoms with E-state index in [9.17, 15) is 0 Å². The standard InChI is InChI=1S/C21H14N2O.C18H20N2O3.C9H6ClN.CH4/c1-13-9-10-17-16-7-4-8-18(20(16)24-21(17)23-13)19-15-6-3-2-5-14(15)11-12-22-19;1-11-9-10-13-12-7-6-8-14(15(12)21-16(13)19-11)20-22-17(2,3)18(4,5)23-20;10-9-8-4-2-1-3-7(8)5-6-11-9;/h2-12H,1H3;6-10H,1-5H3;1-6H;1H4. The van der Waals surface area contributed by atoms with E-state index in [4.69, 9.17) is 30.1 Å². The van der Waals surface area contributed by atoms with Gasteiger partial charge < -0.3 is 8.83 Å². The molecule has 1 saturated heterocycles. The van der Waals surface area contributed by atoms with Crippen LogP contribution in [0.5, 0.6) is 0 Å². The lowest BCUT2D eigenvalue weighted by atomic mass is 9.90. The molecule has 0 spiro atoms. The first-order valence-corrected chi connectivity index (χ1v) is 19.4. The van der Waals surface area contributed by atoms with Gasteiger partial charge in [0.05, 0.1) is 5.69 Å². The first-order valence-electron chi connectivity index (χ1n) is 19.1. The van der Waals surface area contributed by atoms with Crippen molar-refractivity contribution in [3.63, 3.8) is 0 Å². The van der Waals surface area contributed by atoms with Crippen molar-refractivity contribution in [2.24, 2.45) is 0 Å². The van der Waals surface area contributed by atoms with Crippen LogP contribution in [-0.2, 0) is 9.68 Å².